The molecular weight excluding hydrogens is 800 g/mol. The minimum absolute atomic E-state index is 0.0250. The van der Waals surface area contributed by atoms with Crippen molar-refractivity contribution in [2.24, 2.45) is 4.99 Å². The summed E-state index contributed by atoms with van der Waals surface area (Å²) in [6, 6.07) is 14.4. The van der Waals surface area contributed by atoms with Crippen LogP contribution >= 0.6 is 45.5 Å². The number of carbonyl (C=O) groups excluding carboxylic acids is 2. The number of alkyl halides is 3. The summed E-state index contributed by atoms with van der Waals surface area (Å²) in [7, 11) is 1.45. The van der Waals surface area contributed by atoms with Gasteiger partial charge in [-0.05, 0) is 90.0 Å². The van der Waals surface area contributed by atoms with Gasteiger partial charge in [0.1, 0.15) is 6.61 Å². The van der Waals surface area contributed by atoms with E-state index in [1.165, 1.54) is 44.4 Å². The molecule has 15 heteroatoms. The van der Waals surface area contributed by atoms with E-state index in [0.717, 1.165) is 19.5 Å². The SMILES string of the molecule is CCOC(=O)C1=C(C(F)(F)F)N=c2s/c(=C\c3cc(I)cc(OC)c3OCc3ccc(C(=O)OCC)cc3)c(=O)n2[C@H]1c1ccc(Cl)cc1. The molecule has 256 valence electrons. The summed E-state index contributed by atoms with van der Waals surface area (Å²) in [5.74, 6) is -1.09. The van der Waals surface area contributed by atoms with Crippen molar-refractivity contribution < 1.29 is 41.7 Å². The van der Waals surface area contributed by atoms with Crippen molar-refractivity contribution in [3.63, 3.8) is 0 Å². The van der Waals surface area contributed by atoms with Gasteiger partial charge in [0.05, 0.1) is 42.0 Å². The van der Waals surface area contributed by atoms with Crippen LogP contribution in [-0.2, 0) is 20.9 Å². The number of methoxy groups -OCH3 is 1. The molecule has 5 rings (SSSR count). The first kappa shape index (κ1) is 36.1. The highest BCUT2D eigenvalue weighted by Crippen LogP contribution is 2.39. The van der Waals surface area contributed by atoms with Crippen LogP contribution in [0.5, 0.6) is 11.5 Å². The van der Waals surface area contributed by atoms with Gasteiger partial charge in [-0.3, -0.25) is 9.36 Å². The summed E-state index contributed by atoms with van der Waals surface area (Å²) in [4.78, 5) is 42.8. The third-order valence-corrected chi connectivity index (χ3v) is 9.04. The van der Waals surface area contributed by atoms with E-state index >= 15 is 0 Å². The smallest absolute Gasteiger partial charge is 0.434 e. The number of ether oxygens (including phenoxy) is 4. The molecule has 0 bridgehead atoms. The summed E-state index contributed by atoms with van der Waals surface area (Å²) in [5.41, 5.74) is -1.26. The van der Waals surface area contributed by atoms with Crippen LogP contribution in [0.15, 0.2) is 81.7 Å². The van der Waals surface area contributed by atoms with Crippen molar-refractivity contribution in [2.75, 3.05) is 20.3 Å². The molecule has 0 fully saturated rings. The van der Waals surface area contributed by atoms with Gasteiger partial charge in [0.2, 0.25) is 0 Å². The van der Waals surface area contributed by atoms with Gasteiger partial charge >= 0.3 is 18.1 Å². The number of fused-ring (bicyclic) bond motifs is 1. The molecule has 0 N–H and O–H groups in total. The standard InChI is InChI=1S/C34H27ClF3IN2O7S/c1-4-46-31(43)20-8-6-18(7-9-20)17-48-28-21(14-23(39)16-24(28)45-3)15-25-30(42)41-27(19-10-12-22(35)13-11-19)26(32(44)47-5-2)29(34(36,37)38)40-33(41)49-25/h6-16,27H,4-5,17H2,1-3H3/b25-15-/t27-/m0/s1. The topological polar surface area (TPSA) is 105 Å². The van der Waals surface area contributed by atoms with Crippen LogP contribution in [0, 0.1) is 3.57 Å². The maximum Gasteiger partial charge on any atom is 0.434 e. The minimum atomic E-state index is -5.04. The first-order valence-corrected chi connectivity index (χ1v) is 17.0. The number of hydrogen-bond acceptors (Lipinski definition) is 9. The molecule has 2 heterocycles. The van der Waals surface area contributed by atoms with E-state index in [-0.39, 0.29) is 40.5 Å². The third kappa shape index (κ3) is 7.86. The van der Waals surface area contributed by atoms with Crippen LogP contribution in [0.4, 0.5) is 13.2 Å². The Bertz CT molecular complexity index is 2110. The largest absolute Gasteiger partial charge is 0.493 e. The second-order valence-electron chi connectivity index (χ2n) is 10.3. The van der Waals surface area contributed by atoms with Crippen molar-refractivity contribution in [3.8, 4) is 11.5 Å². The fourth-order valence-corrected chi connectivity index (χ4v) is 6.79. The number of aromatic nitrogens is 1. The molecule has 1 aliphatic heterocycles. The Balaban J connectivity index is 1.65. The Hall–Kier alpha value is -4.15. The maximum absolute atomic E-state index is 14.5. The molecule has 3 aromatic carbocycles. The zero-order chi connectivity index (χ0) is 35.5. The lowest BCUT2D eigenvalue weighted by Crippen LogP contribution is -2.41. The summed E-state index contributed by atoms with van der Waals surface area (Å²) >= 11 is 8.86. The molecule has 0 spiro atoms. The molecule has 49 heavy (non-hydrogen) atoms. The first-order chi connectivity index (χ1) is 23.4. The van der Waals surface area contributed by atoms with Crippen LogP contribution < -0.4 is 24.4 Å². The number of hydrogen-bond donors (Lipinski definition) is 0. The van der Waals surface area contributed by atoms with Gasteiger partial charge in [-0.2, -0.15) is 13.2 Å². The summed E-state index contributed by atoms with van der Waals surface area (Å²) in [6.07, 6.45) is -3.56. The van der Waals surface area contributed by atoms with Gasteiger partial charge in [0.25, 0.3) is 5.56 Å². The number of rotatable bonds is 10. The molecule has 0 saturated heterocycles. The Morgan fingerprint density at radius 1 is 1.02 bits per heavy atom. The lowest BCUT2D eigenvalue weighted by Gasteiger charge is -2.26. The lowest BCUT2D eigenvalue weighted by molar-refractivity contribution is -0.140. The summed E-state index contributed by atoms with van der Waals surface area (Å²) < 4.78 is 67.0. The second kappa shape index (κ2) is 15.2. The fraction of sp³-hybridized carbons (Fsp3) is 0.235. The Morgan fingerprint density at radius 2 is 1.67 bits per heavy atom. The average molecular weight is 827 g/mol. The Labute approximate surface area is 300 Å². The van der Waals surface area contributed by atoms with Gasteiger partial charge in [-0.25, -0.2) is 14.6 Å². The number of benzene rings is 3. The molecule has 1 aliphatic rings. The molecule has 0 aliphatic carbocycles. The Kier molecular flexibility index (Phi) is 11.2. The van der Waals surface area contributed by atoms with Crippen molar-refractivity contribution >= 4 is 63.5 Å². The quantitative estimate of drug-likeness (QED) is 0.135. The van der Waals surface area contributed by atoms with E-state index in [0.29, 0.717) is 27.5 Å². The van der Waals surface area contributed by atoms with Crippen LogP contribution in [0.25, 0.3) is 6.08 Å². The van der Waals surface area contributed by atoms with Gasteiger partial charge in [0.15, 0.2) is 22.0 Å². The highest BCUT2D eigenvalue weighted by Gasteiger charge is 2.45. The van der Waals surface area contributed by atoms with Crippen molar-refractivity contribution in [1.82, 2.24) is 4.57 Å². The molecule has 9 nitrogen and oxygen atoms in total. The first-order valence-electron chi connectivity index (χ1n) is 14.7. The predicted octanol–water partition coefficient (Wildman–Crippen LogP) is 6.36. The van der Waals surface area contributed by atoms with Crippen LogP contribution in [0.2, 0.25) is 5.02 Å². The number of nitrogens with zero attached hydrogens (tertiary/aromatic N) is 2. The number of carbonyl (C=O) groups is 2. The average Bonchev–Trinajstić information content (AvgIpc) is 3.37. The van der Waals surface area contributed by atoms with Gasteiger partial charge in [0, 0.05) is 14.2 Å². The van der Waals surface area contributed by atoms with E-state index in [2.05, 4.69) is 27.6 Å². The Morgan fingerprint density at radius 3 is 2.29 bits per heavy atom. The predicted molar refractivity (Wildman–Crippen MR) is 185 cm³/mol. The van der Waals surface area contributed by atoms with Gasteiger partial charge < -0.3 is 18.9 Å². The molecule has 0 amide bonds. The zero-order valence-electron chi connectivity index (χ0n) is 26.1. The number of halogens is 5. The second-order valence-corrected chi connectivity index (χ2v) is 13.0. The fourth-order valence-electron chi connectivity index (χ4n) is 5.05. The van der Waals surface area contributed by atoms with Crippen molar-refractivity contribution in [3.05, 3.63) is 122 Å². The molecule has 1 atom stereocenters. The normalized spacial score (nSPS) is 14.6. The minimum Gasteiger partial charge on any atom is -0.493 e. The summed E-state index contributed by atoms with van der Waals surface area (Å²) in [5, 5.41) is 0.309. The summed E-state index contributed by atoms with van der Waals surface area (Å²) in [6.45, 7) is 3.28. The van der Waals surface area contributed by atoms with E-state index in [4.69, 9.17) is 30.5 Å². The van der Waals surface area contributed by atoms with Gasteiger partial charge in [-0.1, -0.05) is 47.2 Å². The highest BCUT2D eigenvalue weighted by molar-refractivity contribution is 14.1. The number of allylic oxidation sites excluding steroid dienone is 1. The van der Waals surface area contributed by atoms with Crippen LogP contribution in [0.3, 0.4) is 0 Å². The lowest BCUT2D eigenvalue weighted by atomic mass is 9.95. The zero-order valence-corrected chi connectivity index (χ0v) is 29.8. The third-order valence-electron chi connectivity index (χ3n) is 7.18. The van der Waals surface area contributed by atoms with Crippen molar-refractivity contribution in [1.29, 1.82) is 0 Å². The number of esters is 2. The molecule has 4 aromatic rings. The van der Waals surface area contributed by atoms with Crippen molar-refractivity contribution in [2.45, 2.75) is 32.7 Å². The molecule has 1 aromatic heterocycles. The maximum atomic E-state index is 14.5. The van der Waals surface area contributed by atoms with Gasteiger partial charge in [-0.15, -0.1) is 0 Å². The number of thiazole rings is 1. The van der Waals surface area contributed by atoms with E-state index < -0.39 is 41.0 Å². The van der Waals surface area contributed by atoms with Crippen LogP contribution in [0.1, 0.15) is 46.9 Å². The van der Waals surface area contributed by atoms with Crippen LogP contribution in [-0.4, -0.2) is 43.0 Å². The molecule has 0 unspecified atom stereocenters. The molecule has 0 radical (unpaired) electrons. The molecule has 0 saturated carbocycles. The van der Waals surface area contributed by atoms with E-state index in [1.54, 1.807) is 43.3 Å². The molecular formula is C34H27ClF3IN2O7S. The highest BCUT2D eigenvalue weighted by atomic mass is 127. The van der Waals surface area contributed by atoms with E-state index in [9.17, 15) is 27.6 Å². The van der Waals surface area contributed by atoms with E-state index in [1.807, 2.05) is 0 Å². The monoisotopic (exact) mass is 826 g/mol.